The summed E-state index contributed by atoms with van der Waals surface area (Å²) in [5.41, 5.74) is 8.67. The van der Waals surface area contributed by atoms with Gasteiger partial charge in [-0.2, -0.15) is 0 Å². The van der Waals surface area contributed by atoms with Crippen molar-refractivity contribution >= 4 is 17.7 Å². The van der Waals surface area contributed by atoms with Crippen molar-refractivity contribution in [2.45, 2.75) is 38.1 Å². The standard InChI is InChI=1S/C19H24N4O4/c20-16-8-14-9-22(6-7-23(14)17(16)25)19(27)18(26)21-5-4-12-2-1-3-13(11-24)15(12)10-21/h1-3,14,16,24H,4-11,20H2. The number of carbonyl (C=O) groups is 3. The van der Waals surface area contributed by atoms with Crippen LogP contribution in [0.2, 0.25) is 0 Å². The number of nitrogens with zero attached hydrogens (tertiary/aromatic N) is 3. The molecule has 27 heavy (non-hydrogen) atoms. The normalized spacial score (nSPS) is 24.7. The lowest BCUT2D eigenvalue weighted by Gasteiger charge is -2.38. The third kappa shape index (κ3) is 3.08. The van der Waals surface area contributed by atoms with Crippen molar-refractivity contribution in [1.29, 1.82) is 0 Å². The molecule has 8 heteroatoms. The number of hydrogen-bond donors (Lipinski definition) is 2. The molecule has 8 nitrogen and oxygen atoms in total. The summed E-state index contributed by atoms with van der Waals surface area (Å²) in [5.74, 6) is -1.11. The lowest BCUT2D eigenvalue weighted by molar-refractivity contribution is -0.154. The second-order valence-corrected chi connectivity index (χ2v) is 7.47. The molecule has 0 bridgehead atoms. The van der Waals surface area contributed by atoms with E-state index in [0.717, 1.165) is 16.7 Å². The van der Waals surface area contributed by atoms with Gasteiger partial charge in [-0.25, -0.2) is 0 Å². The molecule has 1 aromatic rings. The maximum atomic E-state index is 12.8. The summed E-state index contributed by atoms with van der Waals surface area (Å²) < 4.78 is 0. The van der Waals surface area contributed by atoms with Crippen molar-refractivity contribution in [2.24, 2.45) is 5.73 Å². The number of amides is 3. The minimum absolute atomic E-state index is 0.0670. The van der Waals surface area contributed by atoms with E-state index in [1.54, 1.807) is 14.7 Å². The molecule has 3 N–H and O–H groups in total. The number of rotatable bonds is 1. The fourth-order valence-electron chi connectivity index (χ4n) is 4.38. The first-order chi connectivity index (χ1) is 13.0. The molecule has 2 unspecified atom stereocenters. The Morgan fingerprint density at radius 2 is 1.93 bits per heavy atom. The zero-order chi connectivity index (χ0) is 19.1. The van der Waals surface area contributed by atoms with Gasteiger partial charge in [0.15, 0.2) is 0 Å². The first-order valence-corrected chi connectivity index (χ1v) is 9.34. The second kappa shape index (κ2) is 6.94. The highest BCUT2D eigenvalue weighted by molar-refractivity contribution is 6.35. The predicted molar refractivity (Wildman–Crippen MR) is 96.2 cm³/mol. The molecule has 2 atom stereocenters. The van der Waals surface area contributed by atoms with Gasteiger partial charge in [-0.1, -0.05) is 18.2 Å². The van der Waals surface area contributed by atoms with Crippen molar-refractivity contribution in [3.8, 4) is 0 Å². The molecule has 3 aliphatic rings. The number of benzene rings is 1. The van der Waals surface area contributed by atoms with Gasteiger partial charge in [0.1, 0.15) is 0 Å². The van der Waals surface area contributed by atoms with Gasteiger partial charge in [-0.05, 0) is 29.5 Å². The van der Waals surface area contributed by atoms with Crippen molar-refractivity contribution < 1.29 is 19.5 Å². The minimum atomic E-state index is -0.521. The van der Waals surface area contributed by atoms with E-state index in [4.69, 9.17) is 5.73 Å². The van der Waals surface area contributed by atoms with E-state index < -0.39 is 17.9 Å². The molecule has 2 fully saturated rings. The van der Waals surface area contributed by atoms with E-state index in [-0.39, 0.29) is 18.6 Å². The molecule has 144 valence electrons. The number of fused-ring (bicyclic) bond motifs is 2. The highest BCUT2D eigenvalue weighted by atomic mass is 16.3. The van der Waals surface area contributed by atoms with Crippen molar-refractivity contribution in [3.63, 3.8) is 0 Å². The fraction of sp³-hybridized carbons (Fsp3) is 0.526. The Hall–Kier alpha value is -2.45. The van der Waals surface area contributed by atoms with Crippen LogP contribution in [0.25, 0.3) is 0 Å². The minimum Gasteiger partial charge on any atom is -0.392 e. The average molecular weight is 372 g/mol. The van der Waals surface area contributed by atoms with Crippen molar-refractivity contribution in [1.82, 2.24) is 14.7 Å². The summed E-state index contributed by atoms with van der Waals surface area (Å²) in [7, 11) is 0. The van der Waals surface area contributed by atoms with Crippen LogP contribution in [0.5, 0.6) is 0 Å². The quantitative estimate of drug-likeness (QED) is 0.605. The van der Waals surface area contributed by atoms with Gasteiger partial charge in [-0.3, -0.25) is 14.4 Å². The van der Waals surface area contributed by atoms with Gasteiger partial charge < -0.3 is 25.5 Å². The molecule has 0 aromatic heterocycles. The lowest BCUT2D eigenvalue weighted by Crippen LogP contribution is -2.56. The molecule has 0 saturated carbocycles. The van der Waals surface area contributed by atoms with Crippen LogP contribution in [0.4, 0.5) is 0 Å². The lowest BCUT2D eigenvalue weighted by atomic mass is 9.95. The number of nitrogens with two attached hydrogens (primary N) is 1. The van der Waals surface area contributed by atoms with E-state index in [1.807, 2.05) is 18.2 Å². The van der Waals surface area contributed by atoms with E-state index >= 15 is 0 Å². The zero-order valence-electron chi connectivity index (χ0n) is 15.1. The molecular weight excluding hydrogens is 348 g/mol. The maximum Gasteiger partial charge on any atom is 0.312 e. The highest BCUT2D eigenvalue weighted by Crippen LogP contribution is 2.25. The third-order valence-corrected chi connectivity index (χ3v) is 5.91. The van der Waals surface area contributed by atoms with Gasteiger partial charge in [-0.15, -0.1) is 0 Å². The maximum absolute atomic E-state index is 12.8. The topological polar surface area (TPSA) is 107 Å². The van der Waals surface area contributed by atoms with Crippen LogP contribution >= 0.6 is 0 Å². The smallest absolute Gasteiger partial charge is 0.312 e. The summed E-state index contributed by atoms with van der Waals surface area (Å²) in [5, 5.41) is 9.54. The first kappa shape index (κ1) is 17.9. The summed E-state index contributed by atoms with van der Waals surface area (Å²) >= 11 is 0. The number of carbonyl (C=O) groups excluding carboxylic acids is 3. The van der Waals surface area contributed by atoms with Crippen LogP contribution in [0.1, 0.15) is 23.1 Å². The Morgan fingerprint density at radius 3 is 2.70 bits per heavy atom. The predicted octanol–water partition coefficient (Wildman–Crippen LogP) is -1.17. The summed E-state index contributed by atoms with van der Waals surface area (Å²) in [6.45, 7) is 1.87. The van der Waals surface area contributed by atoms with Gasteiger partial charge in [0.25, 0.3) is 0 Å². The van der Waals surface area contributed by atoms with Gasteiger partial charge >= 0.3 is 11.8 Å². The molecule has 3 heterocycles. The monoisotopic (exact) mass is 372 g/mol. The van der Waals surface area contributed by atoms with Crippen LogP contribution in [0, 0.1) is 0 Å². The number of aliphatic hydroxyl groups is 1. The molecule has 4 rings (SSSR count). The number of hydrogen-bond acceptors (Lipinski definition) is 5. The number of piperazine rings is 1. The molecule has 3 aliphatic heterocycles. The summed E-state index contributed by atoms with van der Waals surface area (Å²) in [6, 6.07) is 5.14. The zero-order valence-corrected chi connectivity index (χ0v) is 15.1. The fourth-order valence-corrected chi connectivity index (χ4v) is 4.38. The molecule has 1 aromatic carbocycles. The Morgan fingerprint density at radius 1 is 1.15 bits per heavy atom. The molecule has 0 aliphatic carbocycles. The van der Waals surface area contributed by atoms with E-state index in [2.05, 4.69) is 0 Å². The van der Waals surface area contributed by atoms with Crippen LogP contribution in [-0.4, -0.2) is 75.8 Å². The van der Waals surface area contributed by atoms with Crippen LogP contribution in [0.3, 0.4) is 0 Å². The van der Waals surface area contributed by atoms with Gasteiger partial charge in [0.2, 0.25) is 5.91 Å². The van der Waals surface area contributed by atoms with E-state index in [9.17, 15) is 19.5 Å². The van der Waals surface area contributed by atoms with Crippen molar-refractivity contribution in [3.05, 3.63) is 34.9 Å². The highest BCUT2D eigenvalue weighted by Gasteiger charge is 2.43. The Kier molecular flexibility index (Phi) is 4.61. The summed E-state index contributed by atoms with van der Waals surface area (Å²) in [4.78, 5) is 42.4. The second-order valence-electron chi connectivity index (χ2n) is 7.47. The SMILES string of the molecule is NC1CC2CN(C(=O)C(=O)N3CCc4cccc(CO)c4C3)CCN2C1=O. The Bertz CT molecular complexity index is 782. The van der Waals surface area contributed by atoms with Crippen molar-refractivity contribution in [2.75, 3.05) is 26.2 Å². The summed E-state index contributed by atoms with van der Waals surface area (Å²) in [6.07, 6.45) is 1.19. The van der Waals surface area contributed by atoms with Crippen LogP contribution in [0.15, 0.2) is 18.2 Å². The molecule has 0 spiro atoms. The number of aliphatic hydroxyl groups excluding tert-OH is 1. The van der Waals surface area contributed by atoms with Gasteiger partial charge in [0, 0.05) is 32.7 Å². The average Bonchev–Trinajstić information content (AvgIpc) is 2.99. The first-order valence-electron chi connectivity index (χ1n) is 9.34. The molecule has 0 radical (unpaired) electrons. The largest absolute Gasteiger partial charge is 0.392 e. The van der Waals surface area contributed by atoms with E-state index in [1.165, 1.54) is 0 Å². The Labute approximate surface area is 157 Å². The van der Waals surface area contributed by atoms with Crippen LogP contribution < -0.4 is 5.73 Å². The molecule has 3 amide bonds. The molecular formula is C19H24N4O4. The third-order valence-electron chi connectivity index (χ3n) is 5.91. The molecule has 2 saturated heterocycles. The Balaban J connectivity index is 1.44. The van der Waals surface area contributed by atoms with Gasteiger partial charge in [0.05, 0.1) is 18.7 Å². The van der Waals surface area contributed by atoms with Crippen LogP contribution in [-0.2, 0) is 34.0 Å². The van der Waals surface area contributed by atoms with E-state index in [0.29, 0.717) is 45.6 Å².